The summed E-state index contributed by atoms with van der Waals surface area (Å²) in [6.07, 6.45) is 2.40. The molecule has 1 fully saturated rings. The Kier molecular flexibility index (Phi) is 3.83. The van der Waals surface area contributed by atoms with Gasteiger partial charge in [-0.25, -0.2) is 4.79 Å². The van der Waals surface area contributed by atoms with Crippen LogP contribution in [0.3, 0.4) is 0 Å². The summed E-state index contributed by atoms with van der Waals surface area (Å²) in [6, 6.07) is 0. The Morgan fingerprint density at radius 3 is 2.65 bits per heavy atom. The number of likely N-dealkylation sites (tertiary alicyclic amines) is 1. The van der Waals surface area contributed by atoms with Crippen LogP contribution in [0.25, 0.3) is 0 Å². The van der Waals surface area contributed by atoms with E-state index < -0.39 is 11.5 Å². The molecule has 1 atom stereocenters. The molecule has 1 aromatic rings. The lowest BCUT2D eigenvalue weighted by molar-refractivity contribution is -0.148. The summed E-state index contributed by atoms with van der Waals surface area (Å²) in [5.41, 5.74) is -0.175. The Balaban J connectivity index is 2.40. The van der Waals surface area contributed by atoms with Crippen LogP contribution in [0.15, 0.2) is 4.52 Å². The van der Waals surface area contributed by atoms with Crippen molar-refractivity contribution in [2.75, 3.05) is 6.54 Å². The Morgan fingerprint density at radius 1 is 1.45 bits per heavy atom. The monoisotopic (exact) mass is 280 g/mol. The molecule has 1 amide bonds. The lowest BCUT2D eigenvalue weighted by atomic mass is 9.90. The van der Waals surface area contributed by atoms with Crippen molar-refractivity contribution in [3.63, 3.8) is 0 Å². The van der Waals surface area contributed by atoms with Gasteiger partial charge in [0.1, 0.15) is 16.9 Å². The molecule has 110 valence electrons. The van der Waals surface area contributed by atoms with Crippen molar-refractivity contribution in [3.8, 4) is 0 Å². The second-order valence-corrected chi connectivity index (χ2v) is 5.35. The van der Waals surface area contributed by atoms with Crippen molar-refractivity contribution in [2.24, 2.45) is 0 Å². The van der Waals surface area contributed by atoms with E-state index in [2.05, 4.69) is 5.16 Å². The fourth-order valence-corrected chi connectivity index (χ4v) is 3.10. The van der Waals surface area contributed by atoms with Gasteiger partial charge >= 0.3 is 5.97 Å². The second-order valence-electron chi connectivity index (χ2n) is 5.35. The summed E-state index contributed by atoms with van der Waals surface area (Å²) in [4.78, 5) is 25.9. The first-order valence-electron chi connectivity index (χ1n) is 6.92. The summed E-state index contributed by atoms with van der Waals surface area (Å²) in [7, 11) is 0. The standard InChI is InChI=1S/C14H20N2O4/c1-4-6-14(13(18)19)7-5-8-16(14)12(17)11-9(2)15-20-10(11)3/h4-8H2,1-3H3,(H,18,19). The molecule has 0 aromatic carbocycles. The quantitative estimate of drug-likeness (QED) is 0.913. The minimum atomic E-state index is -1.08. The van der Waals surface area contributed by atoms with Gasteiger partial charge in [0.25, 0.3) is 5.91 Å². The Bertz CT molecular complexity index is 518. The van der Waals surface area contributed by atoms with E-state index in [9.17, 15) is 14.7 Å². The Labute approximate surface area is 117 Å². The first-order chi connectivity index (χ1) is 9.44. The molecule has 6 nitrogen and oxygen atoms in total. The second kappa shape index (κ2) is 5.26. The molecule has 1 N–H and O–H groups in total. The number of hydrogen-bond acceptors (Lipinski definition) is 4. The maximum atomic E-state index is 12.7. The highest BCUT2D eigenvalue weighted by Gasteiger charge is 2.50. The van der Waals surface area contributed by atoms with Gasteiger partial charge in [-0.2, -0.15) is 0 Å². The zero-order chi connectivity index (χ0) is 14.9. The first kappa shape index (κ1) is 14.6. The smallest absolute Gasteiger partial charge is 0.329 e. The third-order valence-corrected chi connectivity index (χ3v) is 4.04. The summed E-state index contributed by atoms with van der Waals surface area (Å²) in [5.74, 6) is -0.762. The largest absolute Gasteiger partial charge is 0.479 e. The molecule has 1 aliphatic heterocycles. The number of carbonyl (C=O) groups excluding carboxylic acids is 1. The molecular weight excluding hydrogens is 260 g/mol. The number of amides is 1. The molecule has 0 aliphatic carbocycles. The summed E-state index contributed by atoms with van der Waals surface area (Å²) < 4.78 is 5.02. The fraction of sp³-hybridized carbons (Fsp3) is 0.643. The lowest BCUT2D eigenvalue weighted by Crippen LogP contribution is -2.53. The van der Waals surface area contributed by atoms with Gasteiger partial charge in [-0.15, -0.1) is 0 Å². The van der Waals surface area contributed by atoms with Gasteiger partial charge in [-0.3, -0.25) is 4.79 Å². The number of nitrogens with zero attached hydrogens (tertiary/aromatic N) is 2. The number of aliphatic carboxylic acids is 1. The van der Waals surface area contributed by atoms with E-state index in [1.54, 1.807) is 13.8 Å². The SMILES string of the molecule is CCCC1(C(=O)O)CCCN1C(=O)c1c(C)noc1C. The topological polar surface area (TPSA) is 83.6 Å². The number of rotatable bonds is 4. The van der Waals surface area contributed by atoms with Crippen LogP contribution in [0.2, 0.25) is 0 Å². The minimum absolute atomic E-state index is 0.283. The highest BCUT2D eigenvalue weighted by Crippen LogP contribution is 2.36. The molecular formula is C14H20N2O4. The number of hydrogen-bond donors (Lipinski definition) is 1. The number of aromatic nitrogens is 1. The molecule has 1 saturated heterocycles. The minimum Gasteiger partial charge on any atom is -0.479 e. The van der Waals surface area contributed by atoms with Crippen molar-refractivity contribution >= 4 is 11.9 Å². The first-order valence-corrected chi connectivity index (χ1v) is 6.92. The third kappa shape index (κ3) is 2.09. The Morgan fingerprint density at radius 2 is 2.15 bits per heavy atom. The molecule has 0 saturated carbocycles. The predicted molar refractivity (Wildman–Crippen MR) is 71.5 cm³/mol. The lowest BCUT2D eigenvalue weighted by Gasteiger charge is -2.34. The van der Waals surface area contributed by atoms with Gasteiger partial charge in [-0.05, 0) is 33.1 Å². The average molecular weight is 280 g/mol. The van der Waals surface area contributed by atoms with Crippen LogP contribution in [0.5, 0.6) is 0 Å². The van der Waals surface area contributed by atoms with Gasteiger partial charge in [0, 0.05) is 6.54 Å². The van der Waals surface area contributed by atoms with Gasteiger partial charge in [0.05, 0.1) is 5.69 Å². The van der Waals surface area contributed by atoms with Gasteiger partial charge < -0.3 is 14.5 Å². The molecule has 0 bridgehead atoms. The molecule has 1 aliphatic rings. The van der Waals surface area contributed by atoms with E-state index in [1.807, 2.05) is 6.92 Å². The number of aryl methyl sites for hydroxylation is 2. The zero-order valence-electron chi connectivity index (χ0n) is 12.1. The summed E-state index contributed by atoms with van der Waals surface area (Å²) >= 11 is 0. The van der Waals surface area contributed by atoms with Crippen molar-refractivity contribution in [1.29, 1.82) is 0 Å². The highest BCUT2D eigenvalue weighted by atomic mass is 16.5. The Hall–Kier alpha value is -1.85. The number of carboxylic acids is 1. The van der Waals surface area contributed by atoms with E-state index >= 15 is 0 Å². The van der Waals surface area contributed by atoms with Crippen molar-refractivity contribution in [1.82, 2.24) is 10.1 Å². The molecule has 20 heavy (non-hydrogen) atoms. The molecule has 1 aromatic heterocycles. The molecule has 6 heteroatoms. The highest BCUT2D eigenvalue weighted by molar-refractivity contribution is 5.99. The summed E-state index contributed by atoms with van der Waals surface area (Å²) in [6.45, 7) is 5.77. The molecule has 2 rings (SSSR count). The summed E-state index contributed by atoms with van der Waals surface area (Å²) in [5, 5.41) is 13.4. The van der Waals surface area contributed by atoms with E-state index in [0.717, 1.165) is 6.42 Å². The zero-order valence-corrected chi connectivity index (χ0v) is 12.1. The van der Waals surface area contributed by atoms with Crippen LogP contribution in [0, 0.1) is 13.8 Å². The number of carbonyl (C=O) groups is 2. The normalized spacial score (nSPS) is 22.2. The van der Waals surface area contributed by atoms with E-state index in [-0.39, 0.29) is 5.91 Å². The fourth-order valence-electron chi connectivity index (χ4n) is 3.10. The third-order valence-electron chi connectivity index (χ3n) is 4.04. The van der Waals surface area contributed by atoms with Crippen LogP contribution < -0.4 is 0 Å². The van der Waals surface area contributed by atoms with Gasteiger partial charge in [0.15, 0.2) is 0 Å². The van der Waals surface area contributed by atoms with E-state index in [1.165, 1.54) is 4.90 Å². The average Bonchev–Trinajstić information content (AvgIpc) is 2.95. The van der Waals surface area contributed by atoms with Crippen molar-refractivity contribution in [2.45, 2.75) is 52.0 Å². The predicted octanol–water partition coefficient (Wildman–Crippen LogP) is 2.15. The van der Waals surface area contributed by atoms with Crippen LogP contribution in [-0.2, 0) is 4.79 Å². The molecule has 1 unspecified atom stereocenters. The maximum absolute atomic E-state index is 12.7. The van der Waals surface area contributed by atoms with Crippen LogP contribution in [0.4, 0.5) is 0 Å². The van der Waals surface area contributed by atoms with E-state index in [4.69, 9.17) is 4.52 Å². The van der Waals surface area contributed by atoms with Gasteiger partial charge in [-0.1, -0.05) is 18.5 Å². The maximum Gasteiger partial charge on any atom is 0.329 e. The molecule has 0 radical (unpaired) electrons. The molecule has 0 spiro atoms. The van der Waals surface area contributed by atoms with Crippen LogP contribution in [0.1, 0.15) is 54.4 Å². The van der Waals surface area contributed by atoms with Crippen molar-refractivity contribution < 1.29 is 19.2 Å². The van der Waals surface area contributed by atoms with Gasteiger partial charge in [0.2, 0.25) is 0 Å². The molecule has 2 heterocycles. The number of carboxylic acid groups (broad SMARTS) is 1. The van der Waals surface area contributed by atoms with Crippen LogP contribution in [-0.4, -0.2) is 39.1 Å². The van der Waals surface area contributed by atoms with E-state index in [0.29, 0.717) is 42.8 Å². The van der Waals surface area contributed by atoms with Crippen molar-refractivity contribution in [3.05, 3.63) is 17.0 Å². The van der Waals surface area contributed by atoms with Crippen LogP contribution >= 0.6 is 0 Å².